The van der Waals surface area contributed by atoms with E-state index in [2.05, 4.69) is 5.32 Å². The van der Waals surface area contributed by atoms with Gasteiger partial charge in [0, 0.05) is 32.0 Å². The molecule has 9 heteroatoms. The van der Waals surface area contributed by atoms with Gasteiger partial charge in [0.15, 0.2) is 0 Å². The first-order valence-electron chi connectivity index (χ1n) is 7.52. The van der Waals surface area contributed by atoms with E-state index in [1.807, 2.05) is 0 Å². The van der Waals surface area contributed by atoms with E-state index in [1.165, 1.54) is 36.3 Å². The van der Waals surface area contributed by atoms with Crippen LogP contribution in [-0.2, 0) is 14.3 Å². The number of esters is 1. The summed E-state index contributed by atoms with van der Waals surface area (Å²) in [7, 11) is 3.03. The molecule has 1 heterocycles. The zero-order valence-corrected chi connectivity index (χ0v) is 14.1. The maximum atomic E-state index is 12.5. The second-order valence-electron chi connectivity index (χ2n) is 5.42. The van der Waals surface area contributed by atoms with Crippen molar-refractivity contribution in [1.82, 2.24) is 10.2 Å². The Hall–Kier alpha value is -2.94. The Morgan fingerprint density at radius 3 is 2.52 bits per heavy atom. The number of nitrogens with one attached hydrogen (secondary N) is 1. The summed E-state index contributed by atoms with van der Waals surface area (Å²) in [4.78, 5) is 36.2. The summed E-state index contributed by atoms with van der Waals surface area (Å²) < 4.78 is 10.0. The highest BCUT2D eigenvalue weighted by molar-refractivity contribution is 5.95. The van der Waals surface area contributed by atoms with Crippen LogP contribution in [-0.4, -0.2) is 49.2 Å². The molecule has 0 fully saturated rings. The SMILES string of the molecule is COCCOC(=O)C1=C(C)N(C)C(=O)N[C@@H]1c1ccc([N+](=O)[O-])cc1. The second-order valence-corrected chi connectivity index (χ2v) is 5.42. The van der Waals surface area contributed by atoms with Crippen molar-refractivity contribution >= 4 is 17.7 Å². The minimum absolute atomic E-state index is 0.0760. The number of hydrogen-bond donors (Lipinski definition) is 1. The number of non-ortho nitro benzene ring substituents is 1. The third-order valence-corrected chi connectivity index (χ3v) is 3.93. The fourth-order valence-corrected chi connectivity index (χ4v) is 2.43. The lowest BCUT2D eigenvalue weighted by Crippen LogP contribution is -2.46. The lowest BCUT2D eigenvalue weighted by molar-refractivity contribution is -0.384. The fourth-order valence-electron chi connectivity index (χ4n) is 2.43. The number of rotatable bonds is 6. The summed E-state index contributed by atoms with van der Waals surface area (Å²) in [5, 5.41) is 13.5. The molecule has 1 N–H and O–H groups in total. The van der Waals surface area contributed by atoms with Crippen LogP contribution in [0.5, 0.6) is 0 Å². The standard InChI is InChI=1S/C16H19N3O6/c1-10-13(15(20)25-9-8-24-3)14(17-16(21)18(10)2)11-4-6-12(7-5-11)19(22)23/h4-7,14H,8-9H2,1-3H3,(H,17,21)/t14-/m1/s1. The average Bonchev–Trinajstić information content (AvgIpc) is 2.59. The van der Waals surface area contributed by atoms with Crippen LogP contribution in [0.1, 0.15) is 18.5 Å². The van der Waals surface area contributed by atoms with E-state index in [0.717, 1.165) is 0 Å². The second kappa shape index (κ2) is 7.75. The molecule has 1 aromatic carbocycles. The van der Waals surface area contributed by atoms with Gasteiger partial charge in [-0.3, -0.25) is 10.1 Å². The lowest BCUT2D eigenvalue weighted by Gasteiger charge is -2.33. The van der Waals surface area contributed by atoms with Crippen molar-refractivity contribution in [2.45, 2.75) is 13.0 Å². The third-order valence-electron chi connectivity index (χ3n) is 3.93. The zero-order valence-electron chi connectivity index (χ0n) is 14.1. The van der Waals surface area contributed by atoms with Gasteiger partial charge in [-0.1, -0.05) is 0 Å². The molecular weight excluding hydrogens is 330 g/mol. The Morgan fingerprint density at radius 2 is 1.96 bits per heavy atom. The molecule has 0 aliphatic carbocycles. The number of amides is 2. The van der Waals surface area contributed by atoms with Crippen LogP contribution in [0.25, 0.3) is 0 Å². The summed E-state index contributed by atoms with van der Waals surface area (Å²) >= 11 is 0. The van der Waals surface area contributed by atoms with E-state index in [-0.39, 0.29) is 30.5 Å². The van der Waals surface area contributed by atoms with Crippen molar-refractivity contribution < 1.29 is 24.0 Å². The smallest absolute Gasteiger partial charge is 0.338 e. The van der Waals surface area contributed by atoms with Crippen LogP contribution in [0.3, 0.4) is 0 Å². The van der Waals surface area contributed by atoms with Gasteiger partial charge < -0.3 is 19.7 Å². The molecule has 0 unspecified atom stereocenters. The van der Waals surface area contributed by atoms with Gasteiger partial charge >= 0.3 is 12.0 Å². The van der Waals surface area contributed by atoms with E-state index < -0.39 is 16.9 Å². The lowest BCUT2D eigenvalue weighted by atomic mass is 9.95. The number of benzene rings is 1. The number of nitro benzene ring substituents is 1. The van der Waals surface area contributed by atoms with E-state index >= 15 is 0 Å². The molecule has 0 saturated heterocycles. The largest absolute Gasteiger partial charge is 0.460 e. The minimum atomic E-state index is -0.750. The van der Waals surface area contributed by atoms with Crippen molar-refractivity contribution in [3.8, 4) is 0 Å². The van der Waals surface area contributed by atoms with Crippen LogP contribution in [0.2, 0.25) is 0 Å². The summed E-state index contributed by atoms with van der Waals surface area (Å²) in [5.74, 6) is -0.579. The topological polar surface area (TPSA) is 111 Å². The maximum Gasteiger partial charge on any atom is 0.338 e. The number of nitrogens with zero attached hydrogens (tertiary/aromatic N) is 2. The van der Waals surface area contributed by atoms with E-state index in [0.29, 0.717) is 11.3 Å². The highest BCUT2D eigenvalue weighted by Gasteiger charge is 2.35. The molecule has 1 aliphatic heterocycles. The highest BCUT2D eigenvalue weighted by Crippen LogP contribution is 2.31. The number of carbonyl (C=O) groups is 2. The van der Waals surface area contributed by atoms with Gasteiger partial charge in [-0.25, -0.2) is 9.59 Å². The Bertz CT molecular complexity index is 713. The zero-order chi connectivity index (χ0) is 18.6. The van der Waals surface area contributed by atoms with Crippen molar-refractivity contribution in [2.24, 2.45) is 0 Å². The van der Waals surface area contributed by atoms with Crippen LogP contribution in [0.15, 0.2) is 35.5 Å². The Kier molecular flexibility index (Phi) is 5.71. The van der Waals surface area contributed by atoms with Gasteiger partial charge in [0.1, 0.15) is 6.61 Å². The van der Waals surface area contributed by atoms with Gasteiger partial charge in [0.05, 0.1) is 23.1 Å². The fraction of sp³-hybridized carbons (Fsp3) is 0.375. The molecule has 134 valence electrons. The number of methoxy groups -OCH3 is 1. The number of allylic oxidation sites excluding steroid dienone is 1. The molecule has 1 aromatic rings. The van der Waals surface area contributed by atoms with Gasteiger partial charge in [-0.05, 0) is 24.6 Å². The quantitative estimate of drug-likeness (QED) is 0.362. The maximum absolute atomic E-state index is 12.5. The molecule has 0 saturated carbocycles. The summed E-state index contributed by atoms with van der Waals surface area (Å²) in [5.41, 5.74) is 1.19. The molecule has 1 aliphatic rings. The van der Waals surface area contributed by atoms with Crippen LogP contribution < -0.4 is 5.32 Å². The van der Waals surface area contributed by atoms with Gasteiger partial charge in [-0.15, -0.1) is 0 Å². The predicted octanol–water partition coefficient (Wildman–Crippen LogP) is 1.75. The monoisotopic (exact) mass is 349 g/mol. The number of nitro groups is 1. The van der Waals surface area contributed by atoms with Gasteiger partial charge in [0.2, 0.25) is 0 Å². The van der Waals surface area contributed by atoms with Crippen LogP contribution in [0.4, 0.5) is 10.5 Å². The molecule has 9 nitrogen and oxygen atoms in total. The number of carbonyl (C=O) groups excluding carboxylic acids is 2. The number of hydrogen-bond acceptors (Lipinski definition) is 6. The Labute approximate surface area is 144 Å². The Morgan fingerprint density at radius 1 is 1.32 bits per heavy atom. The normalized spacial score (nSPS) is 17.3. The van der Waals surface area contributed by atoms with E-state index in [1.54, 1.807) is 14.0 Å². The average molecular weight is 349 g/mol. The first-order valence-corrected chi connectivity index (χ1v) is 7.52. The molecule has 2 amide bonds. The van der Waals surface area contributed by atoms with Gasteiger partial charge in [0.25, 0.3) is 5.69 Å². The van der Waals surface area contributed by atoms with Crippen LogP contribution in [0, 0.1) is 10.1 Å². The highest BCUT2D eigenvalue weighted by atomic mass is 16.6. The molecule has 0 radical (unpaired) electrons. The molecule has 0 aromatic heterocycles. The summed E-state index contributed by atoms with van der Waals surface area (Å²) in [6, 6.07) is 4.52. The van der Waals surface area contributed by atoms with Crippen molar-refractivity contribution in [3.63, 3.8) is 0 Å². The first-order chi connectivity index (χ1) is 11.9. The van der Waals surface area contributed by atoms with E-state index in [4.69, 9.17) is 9.47 Å². The summed E-state index contributed by atoms with van der Waals surface area (Å²) in [6.45, 7) is 1.98. The molecule has 2 rings (SSSR count). The molecule has 0 spiro atoms. The first kappa shape index (κ1) is 18.4. The van der Waals surface area contributed by atoms with Crippen molar-refractivity contribution in [3.05, 3.63) is 51.2 Å². The number of urea groups is 1. The Balaban J connectivity index is 2.37. The number of ether oxygens (including phenoxy) is 2. The molecule has 25 heavy (non-hydrogen) atoms. The van der Waals surface area contributed by atoms with Crippen LogP contribution >= 0.6 is 0 Å². The summed E-state index contributed by atoms with van der Waals surface area (Å²) in [6.07, 6.45) is 0. The minimum Gasteiger partial charge on any atom is -0.460 e. The molecular formula is C16H19N3O6. The molecule has 1 atom stereocenters. The van der Waals surface area contributed by atoms with E-state index in [9.17, 15) is 19.7 Å². The molecule has 0 bridgehead atoms. The third kappa shape index (κ3) is 3.94. The van der Waals surface area contributed by atoms with Crippen molar-refractivity contribution in [1.29, 1.82) is 0 Å². The van der Waals surface area contributed by atoms with Crippen molar-refractivity contribution in [2.75, 3.05) is 27.4 Å². The predicted molar refractivity (Wildman–Crippen MR) is 87.7 cm³/mol. The van der Waals surface area contributed by atoms with Gasteiger partial charge in [-0.2, -0.15) is 0 Å².